The second kappa shape index (κ2) is 7.04. The first-order chi connectivity index (χ1) is 15.2. The summed E-state index contributed by atoms with van der Waals surface area (Å²) in [6.45, 7) is 1.34. The van der Waals surface area contributed by atoms with E-state index in [-0.39, 0.29) is 22.6 Å². The highest BCUT2D eigenvalue weighted by molar-refractivity contribution is 6.32. The van der Waals surface area contributed by atoms with Crippen molar-refractivity contribution >= 4 is 34.8 Å². The molecule has 0 aromatic heterocycles. The Morgan fingerprint density at radius 1 is 1.18 bits per heavy atom. The smallest absolute Gasteiger partial charge is 0.255 e. The number of benzene rings is 1. The Balaban J connectivity index is 2.07. The van der Waals surface area contributed by atoms with E-state index in [0.717, 1.165) is 0 Å². The number of halogens is 1. The molecule has 1 saturated carbocycles. The number of hydrogen-bond donors (Lipinski definition) is 6. The van der Waals surface area contributed by atoms with Crippen LogP contribution < -0.4 is 5.73 Å². The number of aromatic hydroxyl groups is 1. The summed E-state index contributed by atoms with van der Waals surface area (Å²) in [5.74, 6) is -8.30. The molecule has 3 aliphatic carbocycles. The van der Waals surface area contributed by atoms with Gasteiger partial charge in [-0.3, -0.25) is 19.3 Å². The van der Waals surface area contributed by atoms with E-state index in [2.05, 4.69) is 0 Å². The van der Waals surface area contributed by atoms with Crippen molar-refractivity contribution in [3.8, 4) is 5.75 Å². The van der Waals surface area contributed by atoms with Gasteiger partial charge in [0.1, 0.15) is 22.8 Å². The minimum absolute atomic E-state index is 0.0187. The molecule has 1 aromatic carbocycles. The predicted octanol–water partition coefficient (Wildman–Crippen LogP) is 0.282. The number of phenols is 1. The number of carbonyl (C=O) groups is 3. The van der Waals surface area contributed by atoms with Crippen molar-refractivity contribution < 1.29 is 39.9 Å². The quantitative estimate of drug-likeness (QED) is 0.325. The Labute approximate surface area is 193 Å². The molecule has 0 aliphatic heterocycles. The van der Waals surface area contributed by atoms with E-state index in [1.54, 1.807) is 0 Å². The van der Waals surface area contributed by atoms with Gasteiger partial charge in [-0.15, -0.1) is 0 Å². The number of aliphatic hydroxyl groups is 4. The highest BCUT2D eigenvalue weighted by Gasteiger charge is 2.66. The van der Waals surface area contributed by atoms with Crippen LogP contribution in [-0.2, 0) is 20.0 Å². The lowest BCUT2D eigenvalue weighted by Gasteiger charge is -2.53. The average molecular weight is 479 g/mol. The van der Waals surface area contributed by atoms with Crippen LogP contribution in [0.25, 0.3) is 5.76 Å². The van der Waals surface area contributed by atoms with E-state index in [0.29, 0.717) is 0 Å². The molecule has 0 saturated heterocycles. The van der Waals surface area contributed by atoms with E-state index in [1.165, 1.54) is 38.1 Å². The minimum Gasteiger partial charge on any atom is -0.508 e. The molecule has 0 spiro atoms. The fourth-order valence-electron chi connectivity index (χ4n) is 5.58. The van der Waals surface area contributed by atoms with Gasteiger partial charge in [-0.05, 0) is 39.6 Å². The van der Waals surface area contributed by atoms with Crippen LogP contribution in [0.3, 0.4) is 0 Å². The van der Waals surface area contributed by atoms with Crippen LogP contribution in [0.2, 0.25) is 5.02 Å². The third-order valence-corrected chi connectivity index (χ3v) is 7.39. The summed E-state index contributed by atoms with van der Waals surface area (Å²) < 4.78 is 0. The van der Waals surface area contributed by atoms with Gasteiger partial charge in [0.25, 0.3) is 5.91 Å². The summed E-state index contributed by atoms with van der Waals surface area (Å²) in [5.41, 5.74) is -1.10. The Hall–Kier alpha value is -2.92. The number of amides is 1. The molecular formula is C22H23ClN2O8. The van der Waals surface area contributed by atoms with Crippen molar-refractivity contribution in [2.45, 2.75) is 30.6 Å². The van der Waals surface area contributed by atoms with E-state index in [9.17, 15) is 39.9 Å². The number of nitrogens with two attached hydrogens (primary N) is 1. The number of primary amides is 1. The third kappa shape index (κ3) is 2.75. The largest absolute Gasteiger partial charge is 0.508 e. The van der Waals surface area contributed by atoms with Gasteiger partial charge < -0.3 is 31.3 Å². The highest BCUT2D eigenvalue weighted by atomic mass is 35.5. The number of phenolic OH excluding ortho intramolecular Hbond substituents is 1. The Morgan fingerprint density at radius 2 is 1.79 bits per heavy atom. The fraction of sp³-hybridized carbons (Fsp3) is 0.409. The molecule has 1 aromatic rings. The predicted molar refractivity (Wildman–Crippen MR) is 115 cm³/mol. The van der Waals surface area contributed by atoms with Crippen LogP contribution in [0.5, 0.6) is 5.75 Å². The van der Waals surface area contributed by atoms with Crippen molar-refractivity contribution in [3.05, 3.63) is 45.2 Å². The second-order valence-corrected chi connectivity index (χ2v) is 9.48. The molecule has 0 radical (unpaired) electrons. The zero-order valence-corrected chi connectivity index (χ0v) is 18.7. The Bertz CT molecular complexity index is 1200. The number of nitrogens with zero attached hydrogens (tertiary/aromatic N) is 1. The first-order valence-corrected chi connectivity index (χ1v) is 10.5. The number of likely N-dealkylation sites (N-methyl/N-ethyl adjacent to an activating group) is 1. The molecule has 1 fully saturated rings. The minimum atomic E-state index is -2.78. The number of hydrogen-bond acceptors (Lipinski definition) is 9. The van der Waals surface area contributed by atoms with Crippen molar-refractivity contribution in [2.24, 2.45) is 17.6 Å². The van der Waals surface area contributed by atoms with Crippen LogP contribution in [0, 0.1) is 11.8 Å². The van der Waals surface area contributed by atoms with E-state index >= 15 is 0 Å². The van der Waals surface area contributed by atoms with Gasteiger partial charge in [0.2, 0.25) is 5.78 Å². The molecule has 0 heterocycles. The van der Waals surface area contributed by atoms with Gasteiger partial charge >= 0.3 is 0 Å². The molecule has 3 aliphatic rings. The molecule has 7 N–H and O–H groups in total. The molecule has 176 valence electrons. The lowest BCUT2D eigenvalue weighted by atomic mass is 9.54. The van der Waals surface area contributed by atoms with Crippen molar-refractivity contribution in [1.29, 1.82) is 0 Å². The van der Waals surface area contributed by atoms with Crippen LogP contribution in [0.4, 0.5) is 0 Å². The summed E-state index contributed by atoms with van der Waals surface area (Å²) in [4.78, 5) is 40.1. The summed E-state index contributed by atoms with van der Waals surface area (Å²) >= 11 is 6.28. The lowest BCUT2D eigenvalue weighted by molar-refractivity contribution is -0.159. The average Bonchev–Trinajstić information content (AvgIpc) is 2.69. The molecule has 4 rings (SSSR count). The second-order valence-electron chi connectivity index (χ2n) is 9.08. The number of carbonyl (C=O) groups excluding carboxylic acids is 3. The monoisotopic (exact) mass is 478 g/mol. The zero-order valence-electron chi connectivity index (χ0n) is 18.0. The highest BCUT2D eigenvalue weighted by Crippen LogP contribution is 2.58. The molecule has 0 bridgehead atoms. The standard InChI is InChI=1S/C22H23ClN2O8/c1-21(32)7-6-8-15(25(2)3)17(28)13(20(24)31)19(30)22(8,33)18(29)11(7)16(27)12-10(26)5-4-9(23)14(12)21/h4-5,7-8,15,26-27,30,32-33H,6H2,1-3H3,(H2,24,31)/t7?,8?,15?,21-,22?/m1/s1. The van der Waals surface area contributed by atoms with E-state index in [1.807, 2.05) is 0 Å². The van der Waals surface area contributed by atoms with Crippen LogP contribution in [0.1, 0.15) is 24.5 Å². The Kier molecular flexibility index (Phi) is 4.96. The molecule has 33 heavy (non-hydrogen) atoms. The van der Waals surface area contributed by atoms with Gasteiger partial charge in [-0.25, -0.2) is 0 Å². The van der Waals surface area contributed by atoms with Gasteiger partial charge in [0.15, 0.2) is 11.4 Å². The van der Waals surface area contributed by atoms with Crippen molar-refractivity contribution in [1.82, 2.24) is 4.90 Å². The maximum absolute atomic E-state index is 13.7. The summed E-state index contributed by atoms with van der Waals surface area (Å²) in [6, 6.07) is 1.24. The van der Waals surface area contributed by atoms with Gasteiger partial charge in [0, 0.05) is 28.0 Å². The first-order valence-electron chi connectivity index (χ1n) is 10.1. The zero-order chi connectivity index (χ0) is 24.8. The van der Waals surface area contributed by atoms with Gasteiger partial charge in [-0.1, -0.05) is 11.6 Å². The van der Waals surface area contributed by atoms with Crippen LogP contribution >= 0.6 is 11.6 Å². The van der Waals surface area contributed by atoms with Crippen molar-refractivity contribution in [2.75, 3.05) is 14.1 Å². The number of fused-ring (bicyclic) bond motifs is 3. The molecule has 10 nitrogen and oxygen atoms in total. The lowest BCUT2D eigenvalue weighted by Crippen LogP contribution is -2.67. The normalized spacial score (nSPS) is 33.7. The molecule has 1 amide bonds. The van der Waals surface area contributed by atoms with Crippen LogP contribution in [0.15, 0.2) is 29.0 Å². The number of Topliss-reactive ketones (excluding diaryl/α,β-unsaturated/α-hetero) is 2. The maximum atomic E-state index is 13.7. The fourth-order valence-corrected chi connectivity index (χ4v) is 5.93. The van der Waals surface area contributed by atoms with Gasteiger partial charge in [0.05, 0.1) is 17.2 Å². The summed E-state index contributed by atoms with van der Waals surface area (Å²) in [5, 5.41) is 55.2. The van der Waals surface area contributed by atoms with Crippen molar-refractivity contribution in [3.63, 3.8) is 0 Å². The number of rotatable bonds is 2. The summed E-state index contributed by atoms with van der Waals surface area (Å²) in [7, 11) is 2.97. The molecule has 4 unspecified atom stereocenters. The Morgan fingerprint density at radius 3 is 2.33 bits per heavy atom. The van der Waals surface area contributed by atoms with E-state index in [4.69, 9.17) is 17.3 Å². The first kappa shape index (κ1) is 23.2. The SMILES string of the molecule is CN(C)C1C(=O)C(C(N)=O)=C(O)C2(O)C(=O)C3=C(O)c4c(O)ccc(Cl)c4[C@](C)(O)C3CC12. The number of ketones is 2. The molecular weight excluding hydrogens is 456 g/mol. The maximum Gasteiger partial charge on any atom is 0.255 e. The van der Waals surface area contributed by atoms with E-state index < -0.39 is 75.0 Å². The topological polar surface area (TPSA) is 182 Å². The van der Waals surface area contributed by atoms with Crippen LogP contribution in [-0.4, -0.2) is 73.6 Å². The summed E-state index contributed by atoms with van der Waals surface area (Å²) in [6.07, 6.45) is -0.259. The van der Waals surface area contributed by atoms with Gasteiger partial charge in [-0.2, -0.15) is 0 Å². The molecule has 11 heteroatoms. The third-order valence-electron chi connectivity index (χ3n) is 7.07. The number of aliphatic hydroxyl groups excluding tert-OH is 2. The molecule has 5 atom stereocenters.